The Bertz CT molecular complexity index is 230. The van der Waals surface area contributed by atoms with E-state index in [-0.39, 0.29) is 18.7 Å². The van der Waals surface area contributed by atoms with Gasteiger partial charge in [0.25, 0.3) is 0 Å². The number of carbonyl (C=O) groups excluding carboxylic acids is 1. The van der Waals surface area contributed by atoms with Gasteiger partial charge in [0.2, 0.25) is 0 Å². The molecule has 0 aromatic heterocycles. The number of carbonyl (C=O) groups is 1. The van der Waals surface area contributed by atoms with E-state index in [4.69, 9.17) is 9.84 Å². The Balaban J connectivity index is 4.72. The van der Waals surface area contributed by atoms with Crippen LogP contribution in [0, 0.1) is 0 Å². The number of rotatable bonds is 7. The lowest BCUT2D eigenvalue weighted by Crippen LogP contribution is -2.44. The summed E-state index contributed by atoms with van der Waals surface area (Å²) >= 11 is 0. The van der Waals surface area contributed by atoms with Crippen molar-refractivity contribution in [2.45, 2.75) is 71.9 Å². The van der Waals surface area contributed by atoms with Crippen LogP contribution < -0.4 is 0 Å². The van der Waals surface area contributed by atoms with Crippen LogP contribution in [0.3, 0.4) is 0 Å². The lowest BCUT2D eigenvalue weighted by atomic mass is 10.1. The van der Waals surface area contributed by atoms with Crippen LogP contribution in [0.4, 0.5) is 4.79 Å². The summed E-state index contributed by atoms with van der Waals surface area (Å²) in [6.45, 7) is 10.5. The van der Waals surface area contributed by atoms with Gasteiger partial charge in [-0.3, -0.25) is 0 Å². The maximum atomic E-state index is 12.2. The molecule has 108 valence electrons. The molecule has 0 saturated carbocycles. The minimum Gasteiger partial charge on any atom is -0.444 e. The SMILES string of the molecule is CCCC(CCO)N(CCC)C(=O)OC(C)(C)C. The van der Waals surface area contributed by atoms with Gasteiger partial charge >= 0.3 is 6.09 Å². The fourth-order valence-electron chi connectivity index (χ4n) is 1.92. The molecule has 0 aliphatic heterocycles. The summed E-state index contributed by atoms with van der Waals surface area (Å²) in [6, 6.07) is 0.0785. The first-order valence-corrected chi connectivity index (χ1v) is 6.96. The van der Waals surface area contributed by atoms with E-state index < -0.39 is 5.60 Å². The van der Waals surface area contributed by atoms with Crippen molar-refractivity contribution in [3.8, 4) is 0 Å². The van der Waals surface area contributed by atoms with Crippen molar-refractivity contribution in [3.63, 3.8) is 0 Å². The zero-order valence-electron chi connectivity index (χ0n) is 12.5. The van der Waals surface area contributed by atoms with Crippen LogP contribution in [0.2, 0.25) is 0 Å². The Kier molecular flexibility index (Phi) is 8.00. The van der Waals surface area contributed by atoms with Gasteiger partial charge in [0.05, 0.1) is 0 Å². The third-order valence-electron chi connectivity index (χ3n) is 2.62. The van der Waals surface area contributed by atoms with Crippen LogP contribution in [-0.2, 0) is 4.74 Å². The van der Waals surface area contributed by atoms with E-state index in [1.165, 1.54) is 0 Å². The predicted octanol–water partition coefficient (Wildman–Crippen LogP) is 3.18. The smallest absolute Gasteiger partial charge is 0.410 e. The first kappa shape index (κ1) is 17.2. The highest BCUT2D eigenvalue weighted by molar-refractivity contribution is 5.68. The normalized spacial score (nSPS) is 13.2. The molecule has 0 heterocycles. The molecule has 0 aromatic carbocycles. The summed E-state index contributed by atoms with van der Waals surface area (Å²) in [5, 5.41) is 9.12. The van der Waals surface area contributed by atoms with Crippen molar-refractivity contribution < 1.29 is 14.6 Å². The van der Waals surface area contributed by atoms with Gasteiger partial charge < -0.3 is 14.7 Å². The summed E-state index contributed by atoms with van der Waals surface area (Å²) in [6.07, 6.45) is 3.14. The fourth-order valence-corrected chi connectivity index (χ4v) is 1.92. The second-order valence-electron chi connectivity index (χ2n) is 5.63. The van der Waals surface area contributed by atoms with Crippen molar-refractivity contribution in [1.29, 1.82) is 0 Å². The van der Waals surface area contributed by atoms with Crippen LogP contribution in [0.25, 0.3) is 0 Å². The van der Waals surface area contributed by atoms with Crippen molar-refractivity contribution in [1.82, 2.24) is 4.90 Å². The molecule has 1 N–H and O–H groups in total. The molecule has 0 radical (unpaired) electrons. The van der Waals surface area contributed by atoms with E-state index in [0.717, 1.165) is 19.3 Å². The van der Waals surface area contributed by atoms with E-state index >= 15 is 0 Å². The van der Waals surface area contributed by atoms with Gasteiger partial charge in [-0.05, 0) is 40.0 Å². The highest BCUT2D eigenvalue weighted by Gasteiger charge is 2.26. The summed E-state index contributed by atoms with van der Waals surface area (Å²) in [4.78, 5) is 13.9. The number of amides is 1. The van der Waals surface area contributed by atoms with Crippen molar-refractivity contribution >= 4 is 6.09 Å². The number of hydrogen-bond donors (Lipinski definition) is 1. The predicted molar refractivity (Wildman–Crippen MR) is 73.6 cm³/mol. The van der Waals surface area contributed by atoms with E-state index in [1.807, 2.05) is 27.7 Å². The molecule has 0 rings (SSSR count). The second kappa shape index (κ2) is 8.35. The van der Waals surface area contributed by atoms with Gasteiger partial charge in [-0.25, -0.2) is 4.79 Å². The molecule has 1 unspecified atom stereocenters. The number of aliphatic hydroxyl groups is 1. The van der Waals surface area contributed by atoms with Crippen molar-refractivity contribution in [2.75, 3.05) is 13.2 Å². The summed E-state index contributed by atoms with van der Waals surface area (Å²) in [7, 11) is 0. The van der Waals surface area contributed by atoms with Gasteiger partial charge in [0.1, 0.15) is 5.60 Å². The van der Waals surface area contributed by atoms with Gasteiger partial charge in [-0.15, -0.1) is 0 Å². The largest absolute Gasteiger partial charge is 0.444 e. The van der Waals surface area contributed by atoms with Crippen LogP contribution in [0.15, 0.2) is 0 Å². The number of ether oxygens (including phenoxy) is 1. The third kappa shape index (κ3) is 6.84. The molecule has 18 heavy (non-hydrogen) atoms. The average Bonchev–Trinajstić information content (AvgIpc) is 2.23. The van der Waals surface area contributed by atoms with Gasteiger partial charge in [0.15, 0.2) is 0 Å². The molecule has 0 saturated heterocycles. The Labute approximate surface area is 111 Å². The van der Waals surface area contributed by atoms with E-state index in [1.54, 1.807) is 4.90 Å². The second-order valence-corrected chi connectivity index (χ2v) is 5.63. The molecular weight excluding hydrogens is 230 g/mol. The zero-order chi connectivity index (χ0) is 14.2. The van der Waals surface area contributed by atoms with E-state index in [2.05, 4.69) is 6.92 Å². The Morgan fingerprint density at radius 1 is 1.22 bits per heavy atom. The number of nitrogens with zero attached hydrogens (tertiary/aromatic N) is 1. The Hall–Kier alpha value is -0.770. The first-order valence-electron chi connectivity index (χ1n) is 6.96. The van der Waals surface area contributed by atoms with Crippen LogP contribution >= 0.6 is 0 Å². The molecule has 1 amide bonds. The topological polar surface area (TPSA) is 49.8 Å². The van der Waals surface area contributed by atoms with Gasteiger partial charge in [-0.1, -0.05) is 20.3 Å². The van der Waals surface area contributed by atoms with Gasteiger partial charge in [-0.2, -0.15) is 0 Å². The average molecular weight is 259 g/mol. The van der Waals surface area contributed by atoms with Crippen LogP contribution in [0.5, 0.6) is 0 Å². The first-order chi connectivity index (χ1) is 8.35. The molecule has 0 spiro atoms. The summed E-state index contributed by atoms with van der Waals surface area (Å²) in [5.41, 5.74) is -0.473. The minimum absolute atomic E-state index is 0.0785. The van der Waals surface area contributed by atoms with E-state index in [0.29, 0.717) is 13.0 Å². The molecule has 0 aliphatic carbocycles. The Morgan fingerprint density at radius 2 is 1.83 bits per heavy atom. The highest BCUT2D eigenvalue weighted by atomic mass is 16.6. The molecule has 0 fully saturated rings. The van der Waals surface area contributed by atoms with Gasteiger partial charge in [0, 0.05) is 19.2 Å². The molecule has 4 heteroatoms. The van der Waals surface area contributed by atoms with E-state index in [9.17, 15) is 4.79 Å². The standard InChI is InChI=1S/C14H29NO3/c1-6-8-12(9-11-16)15(10-7-2)13(17)18-14(3,4)5/h12,16H,6-11H2,1-5H3. The van der Waals surface area contributed by atoms with Crippen LogP contribution in [0.1, 0.15) is 60.3 Å². The molecule has 1 atom stereocenters. The molecule has 0 aliphatic rings. The minimum atomic E-state index is -0.473. The third-order valence-corrected chi connectivity index (χ3v) is 2.62. The summed E-state index contributed by atoms with van der Waals surface area (Å²) in [5.74, 6) is 0. The monoisotopic (exact) mass is 259 g/mol. The molecular formula is C14H29NO3. The lowest BCUT2D eigenvalue weighted by Gasteiger charge is -2.33. The molecule has 4 nitrogen and oxygen atoms in total. The zero-order valence-corrected chi connectivity index (χ0v) is 12.5. The fraction of sp³-hybridized carbons (Fsp3) is 0.929. The lowest BCUT2D eigenvalue weighted by molar-refractivity contribution is 0.0126. The Morgan fingerprint density at radius 3 is 2.22 bits per heavy atom. The van der Waals surface area contributed by atoms with Crippen molar-refractivity contribution in [3.05, 3.63) is 0 Å². The van der Waals surface area contributed by atoms with Crippen LogP contribution in [-0.4, -0.2) is 40.9 Å². The quantitative estimate of drug-likeness (QED) is 0.764. The maximum Gasteiger partial charge on any atom is 0.410 e. The number of hydrogen-bond acceptors (Lipinski definition) is 3. The van der Waals surface area contributed by atoms with Crippen molar-refractivity contribution in [2.24, 2.45) is 0 Å². The summed E-state index contributed by atoms with van der Waals surface area (Å²) < 4.78 is 5.43. The molecule has 0 aromatic rings. The highest BCUT2D eigenvalue weighted by Crippen LogP contribution is 2.17. The number of aliphatic hydroxyl groups excluding tert-OH is 1. The maximum absolute atomic E-state index is 12.2. The molecule has 0 bridgehead atoms.